The molecule has 0 aromatic heterocycles. The molecule has 2 aliphatic rings. The van der Waals surface area contributed by atoms with Crippen LogP contribution in [0.1, 0.15) is 26.7 Å². The molecule has 2 nitrogen and oxygen atoms in total. The van der Waals surface area contributed by atoms with E-state index < -0.39 is 0 Å². The third kappa shape index (κ3) is 1.99. The Labute approximate surface area is 74.9 Å². The van der Waals surface area contributed by atoms with Gasteiger partial charge in [-0.25, -0.2) is 0 Å². The fraction of sp³-hybridized carbons (Fsp3) is 1.00. The molecule has 2 fully saturated rings. The van der Waals surface area contributed by atoms with Crippen molar-refractivity contribution in [2.45, 2.75) is 38.8 Å². The first-order chi connectivity index (χ1) is 5.75. The molecule has 3 unspecified atom stereocenters. The maximum Gasteiger partial charge on any atom is 0.0936 e. The van der Waals surface area contributed by atoms with Crippen molar-refractivity contribution in [1.82, 2.24) is 4.90 Å². The van der Waals surface area contributed by atoms with Gasteiger partial charge < -0.3 is 4.74 Å². The highest BCUT2D eigenvalue weighted by Gasteiger charge is 2.30. The smallest absolute Gasteiger partial charge is 0.0936 e. The minimum atomic E-state index is 0.567. The zero-order valence-electron chi connectivity index (χ0n) is 8.12. The van der Waals surface area contributed by atoms with Crippen LogP contribution in [0.4, 0.5) is 0 Å². The van der Waals surface area contributed by atoms with Crippen molar-refractivity contribution < 1.29 is 4.74 Å². The van der Waals surface area contributed by atoms with Gasteiger partial charge in [-0.15, -0.1) is 0 Å². The van der Waals surface area contributed by atoms with Gasteiger partial charge in [0.15, 0.2) is 0 Å². The highest BCUT2D eigenvalue weighted by atomic mass is 16.6. The molecule has 2 saturated heterocycles. The normalized spacial score (nSPS) is 43.0. The third-order valence-electron chi connectivity index (χ3n) is 3.09. The van der Waals surface area contributed by atoms with Gasteiger partial charge in [-0.2, -0.15) is 0 Å². The van der Waals surface area contributed by atoms with E-state index in [1.165, 1.54) is 25.9 Å². The Kier molecular flexibility index (Phi) is 2.37. The SMILES string of the molecule is CC1CCC(C)N(CC2CO2)C1. The van der Waals surface area contributed by atoms with Crippen LogP contribution in [0.3, 0.4) is 0 Å². The van der Waals surface area contributed by atoms with E-state index in [1.807, 2.05) is 0 Å². The molecule has 0 aliphatic carbocycles. The third-order valence-corrected chi connectivity index (χ3v) is 3.09. The molecular weight excluding hydrogens is 150 g/mol. The molecule has 0 aromatic rings. The van der Waals surface area contributed by atoms with Crippen LogP contribution in [0, 0.1) is 5.92 Å². The molecule has 12 heavy (non-hydrogen) atoms. The van der Waals surface area contributed by atoms with Crippen LogP contribution in [0.2, 0.25) is 0 Å². The maximum absolute atomic E-state index is 5.25. The van der Waals surface area contributed by atoms with Crippen LogP contribution in [0.15, 0.2) is 0 Å². The van der Waals surface area contributed by atoms with E-state index in [-0.39, 0.29) is 0 Å². The molecule has 3 atom stereocenters. The summed E-state index contributed by atoms with van der Waals surface area (Å²) in [5.74, 6) is 0.889. The number of epoxide rings is 1. The number of hydrogen-bond donors (Lipinski definition) is 0. The summed E-state index contributed by atoms with van der Waals surface area (Å²) >= 11 is 0. The van der Waals surface area contributed by atoms with Gasteiger partial charge in [-0.05, 0) is 25.7 Å². The molecule has 0 N–H and O–H groups in total. The summed E-state index contributed by atoms with van der Waals surface area (Å²) in [7, 11) is 0. The topological polar surface area (TPSA) is 15.8 Å². The van der Waals surface area contributed by atoms with E-state index in [2.05, 4.69) is 18.7 Å². The number of ether oxygens (including phenoxy) is 1. The average Bonchev–Trinajstić information content (AvgIpc) is 2.81. The number of likely N-dealkylation sites (tertiary alicyclic amines) is 1. The van der Waals surface area contributed by atoms with Gasteiger partial charge in [0.1, 0.15) is 0 Å². The van der Waals surface area contributed by atoms with Crippen LogP contribution in [-0.4, -0.2) is 36.7 Å². The number of nitrogens with zero attached hydrogens (tertiary/aromatic N) is 1. The standard InChI is InChI=1S/C10H19NO/c1-8-3-4-9(2)11(5-8)6-10-7-12-10/h8-10H,3-7H2,1-2H3. The molecule has 0 amide bonds. The van der Waals surface area contributed by atoms with Crippen LogP contribution >= 0.6 is 0 Å². The summed E-state index contributed by atoms with van der Waals surface area (Å²) in [6.07, 6.45) is 3.34. The van der Waals surface area contributed by atoms with Gasteiger partial charge in [-0.1, -0.05) is 6.92 Å². The Balaban J connectivity index is 1.82. The molecule has 0 radical (unpaired) electrons. The van der Waals surface area contributed by atoms with E-state index in [0.717, 1.165) is 18.6 Å². The van der Waals surface area contributed by atoms with E-state index in [0.29, 0.717) is 6.10 Å². The lowest BCUT2D eigenvalue weighted by Crippen LogP contribution is -2.42. The van der Waals surface area contributed by atoms with E-state index in [1.54, 1.807) is 0 Å². The monoisotopic (exact) mass is 169 g/mol. The summed E-state index contributed by atoms with van der Waals surface area (Å²) in [5.41, 5.74) is 0. The highest BCUT2D eigenvalue weighted by molar-refractivity contribution is 4.82. The molecule has 0 saturated carbocycles. The summed E-state index contributed by atoms with van der Waals surface area (Å²) in [4.78, 5) is 2.59. The molecule has 0 aromatic carbocycles. The predicted octanol–water partition coefficient (Wildman–Crippen LogP) is 1.51. The highest BCUT2D eigenvalue weighted by Crippen LogP contribution is 2.23. The Bertz CT molecular complexity index is 154. The molecule has 2 aliphatic heterocycles. The van der Waals surface area contributed by atoms with E-state index >= 15 is 0 Å². The lowest BCUT2D eigenvalue weighted by molar-refractivity contribution is 0.115. The minimum Gasteiger partial charge on any atom is -0.372 e. The maximum atomic E-state index is 5.25. The summed E-state index contributed by atoms with van der Waals surface area (Å²) < 4.78 is 5.25. The fourth-order valence-corrected chi connectivity index (χ4v) is 2.07. The van der Waals surface area contributed by atoms with Gasteiger partial charge in [0, 0.05) is 19.1 Å². The van der Waals surface area contributed by atoms with E-state index in [9.17, 15) is 0 Å². The molecule has 70 valence electrons. The second-order valence-electron chi connectivity index (χ2n) is 4.44. The summed E-state index contributed by atoms with van der Waals surface area (Å²) in [5, 5.41) is 0. The Hall–Kier alpha value is -0.0800. The van der Waals surface area contributed by atoms with Gasteiger partial charge in [0.2, 0.25) is 0 Å². The van der Waals surface area contributed by atoms with Crippen molar-refractivity contribution in [3.8, 4) is 0 Å². The summed E-state index contributed by atoms with van der Waals surface area (Å²) in [6, 6.07) is 0.783. The molecular formula is C10H19NO. The number of piperidine rings is 1. The van der Waals surface area contributed by atoms with Crippen molar-refractivity contribution in [2.75, 3.05) is 19.7 Å². The van der Waals surface area contributed by atoms with Gasteiger partial charge in [0.05, 0.1) is 12.7 Å². The van der Waals surface area contributed by atoms with Crippen LogP contribution in [-0.2, 0) is 4.74 Å². The van der Waals surface area contributed by atoms with Crippen molar-refractivity contribution in [1.29, 1.82) is 0 Å². The lowest BCUT2D eigenvalue weighted by Gasteiger charge is -2.36. The fourth-order valence-electron chi connectivity index (χ4n) is 2.07. The largest absolute Gasteiger partial charge is 0.372 e. The Morgan fingerprint density at radius 2 is 2.08 bits per heavy atom. The minimum absolute atomic E-state index is 0.567. The van der Waals surface area contributed by atoms with Crippen molar-refractivity contribution in [3.05, 3.63) is 0 Å². The second kappa shape index (κ2) is 3.35. The lowest BCUT2D eigenvalue weighted by atomic mass is 9.95. The first kappa shape index (κ1) is 8.52. The van der Waals surface area contributed by atoms with Gasteiger partial charge in [0.25, 0.3) is 0 Å². The van der Waals surface area contributed by atoms with Gasteiger partial charge in [-0.3, -0.25) is 4.90 Å². The predicted molar refractivity (Wildman–Crippen MR) is 49.2 cm³/mol. The van der Waals surface area contributed by atoms with Crippen LogP contribution in [0.5, 0.6) is 0 Å². The zero-order chi connectivity index (χ0) is 8.55. The number of rotatable bonds is 2. The van der Waals surface area contributed by atoms with Crippen LogP contribution < -0.4 is 0 Å². The van der Waals surface area contributed by atoms with E-state index in [4.69, 9.17) is 4.74 Å². The van der Waals surface area contributed by atoms with Crippen molar-refractivity contribution >= 4 is 0 Å². The molecule has 2 heterocycles. The molecule has 2 heteroatoms. The molecule has 0 bridgehead atoms. The second-order valence-corrected chi connectivity index (χ2v) is 4.44. The Morgan fingerprint density at radius 3 is 2.75 bits per heavy atom. The average molecular weight is 169 g/mol. The van der Waals surface area contributed by atoms with Crippen LogP contribution in [0.25, 0.3) is 0 Å². The quantitative estimate of drug-likeness (QED) is 0.582. The van der Waals surface area contributed by atoms with Gasteiger partial charge >= 0.3 is 0 Å². The number of hydrogen-bond acceptors (Lipinski definition) is 2. The zero-order valence-corrected chi connectivity index (χ0v) is 8.12. The van der Waals surface area contributed by atoms with Crippen molar-refractivity contribution in [2.24, 2.45) is 5.92 Å². The first-order valence-corrected chi connectivity index (χ1v) is 5.11. The summed E-state index contributed by atoms with van der Waals surface area (Å²) in [6.45, 7) is 8.14. The van der Waals surface area contributed by atoms with Crippen molar-refractivity contribution in [3.63, 3.8) is 0 Å². The first-order valence-electron chi connectivity index (χ1n) is 5.11. The Morgan fingerprint density at radius 1 is 1.33 bits per heavy atom. The molecule has 0 spiro atoms. The molecule has 2 rings (SSSR count).